The normalized spacial score (nSPS) is 10.2. The summed E-state index contributed by atoms with van der Waals surface area (Å²) in [6, 6.07) is 10.6. The van der Waals surface area contributed by atoms with Crippen molar-refractivity contribution < 1.29 is 23.1 Å². The maximum absolute atomic E-state index is 13.4. The lowest BCUT2D eigenvalue weighted by Gasteiger charge is -2.08. The number of anilines is 1. The molecule has 0 aromatic heterocycles. The average molecular weight is 348 g/mol. The summed E-state index contributed by atoms with van der Waals surface area (Å²) < 4.78 is 32.0. The Hall–Kier alpha value is -2.96. The molecule has 0 fully saturated rings. The maximum Gasteiger partial charge on any atom is 0.233 e. The number of carbonyl (C=O) groups is 2. The largest absolute Gasteiger partial charge is 0.497 e. The van der Waals surface area contributed by atoms with E-state index in [0.717, 1.165) is 23.4 Å². The number of nitrogens with one attached hydrogen (secondary N) is 2. The molecule has 2 amide bonds. The predicted molar refractivity (Wildman–Crippen MR) is 89.3 cm³/mol. The lowest BCUT2D eigenvalue weighted by molar-refractivity contribution is -0.126. The molecule has 0 atom stereocenters. The standard InChI is InChI=1S/C18H18F2N2O3/c1-25-13-5-2-4-12(10-13)8-9-21-16(23)11-17(24)22-18-14(19)6-3-7-15(18)20/h2-7,10H,8-9,11H2,1H3,(H,21,23)(H,22,24). The minimum Gasteiger partial charge on any atom is -0.497 e. The van der Waals surface area contributed by atoms with E-state index in [2.05, 4.69) is 10.6 Å². The fraction of sp³-hybridized carbons (Fsp3) is 0.222. The van der Waals surface area contributed by atoms with Crippen molar-refractivity contribution in [3.63, 3.8) is 0 Å². The van der Waals surface area contributed by atoms with Crippen molar-refractivity contribution in [2.75, 3.05) is 19.0 Å². The van der Waals surface area contributed by atoms with Gasteiger partial charge in [0, 0.05) is 6.54 Å². The van der Waals surface area contributed by atoms with Crippen molar-refractivity contribution in [3.05, 3.63) is 59.7 Å². The molecule has 0 bridgehead atoms. The number of methoxy groups -OCH3 is 1. The highest BCUT2D eigenvalue weighted by Gasteiger charge is 2.14. The summed E-state index contributed by atoms with van der Waals surface area (Å²) in [5.74, 6) is -2.39. The molecule has 25 heavy (non-hydrogen) atoms. The summed E-state index contributed by atoms with van der Waals surface area (Å²) in [6.07, 6.45) is 0.0401. The van der Waals surface area contributed by atoms with Crippen LogP contribution in [0.2, 0.25) is 0 Å². The molecule has 0 aliphatic rings. The van der Waals surface area contributed by atoms with Crippen LogP contribution in [-0.4, -0.2) is 25.5 Å². The second-order valence-electron chi connectivity index (χ2n) is 5.27. The first kappa shape index (κ1) is 18.4. The van der Waals surface area contributed by atoms with Crippen LogP contribution in [0.1, 0.15) is 12.0 Å². The Morgan fingerprint density at radius 2 is 1.72 bits per heavy atom. The average Bonchev–Trinajstić information content (AvgIpc) is 2.58. The van der Waals surface area contributed by atoms with Gasteiger partial charge in [-0.25, -0.2) is 8.78 Å². The van der Waals surface area contributed by atoms with E-state index in [4.69, 9.17) is 4.74 Å². The number of carbonyl (C=O) groups excluding carboxylic acids is 2. The lowest BCUT2D eigenvalue weighted by Crippen LogP contribution is -2.30. The molecule has 0 saturated carbocycles. The monoisotopic (exact) mass is 348 g/mol. The van der Waals surface area contributed by atoms with Crippen LogP contribution in [-0.2, 0) is 16.0 Å². The van der Waals surface area contributed by atoms with E-state index in [1.54, 1.807) is 7.11 Å². The number of hydrogen-bond acceptors (Lipinski definition) is 3. The quantitative estimate of drug-likeness (QED) is 0.756. The number of benzene rings is 2. The number of rotatable bonds is 7. The molecule has 0 saturated heterocycles. The summed E-state index contributed by atoms with van der Waals surface area (Å²) >= 11 is 0. The van der Waals surface area contributed by atoms with Gasteiger partial charge in [-0.05, 0) is 36.2 Å². The van der Waals surface area contributed by atoms with Gasteiger partial charge in [0.1, 0.15) is 29.5 Å². The molecule has 2 aromatic rings. The summed E-state index contributed by atoms with van der Waals surface area (Å²) in [4.78, 5) is 23.5. The van der Waals surface area contributed by atoms with E-state index in [0.29, 0.717) is 13.0 Å². The molecule has 7 heteroatoms. The van der Waals surface area contributed by atoms with Crippen molar-refractivity contribution in [2.45, 2.75) is 12.8 Å². The molecule has 2 N–H and O–H groups in total. The fourth-order valence-electron chi connectivity index (χ4n) is 2.18. The van der Waals surface area contributed by atoms with Gasteiger partial charge in [-0.1, -0.05) is 18.2 Å². The number of hydrogen-bond donors (Lipinski definition) is 2. The van der Waals surface area contributed by atoms with E-state index in [9.17, 15) is 18.4 Å². The molecule has 2 aromatic carbocycles. The topological polar surface area (TPSA) is 67.4 Å². The number of halogens is 2. The van der Waals surface area contributed by atoms with E-state index in [-0.39, 0.29) is 0 Å². The van der Waals surface area contributed by atoms with Crippen molar-refractivity contribution in [3.8, 4) is 5.75 Å². The second-order valence-corrected chi connectivity index (χ2v) is 5.27. The molecule has 0 radical (unpaired) electrons. The molecule has 0 aliphatic carbocycles. The van der Waals surface area contributed by atoms with Gasteiger partial charge in [0.15, 0.2) is 0 Å². The van der Waals surface area contributed by atoms with Gasteiger partial charge < -0.3 is 15.4 Å². The maximum atomic E-state index is 13.4. The highest BCUT2D eigenvalue weighted by atomic mass is 19.1. The third-order valence-electron chi connectivity index (χ3n) is 3.42. The summed E-state index contributed by atoms with van der Waals surface area (Å²) in [7, 11) is 1.57. The number of ether oxygens (including phenoxy) is 1. The molecule has 2 rings (SSSR count). The molecule has 132 valence electrons. The highest BCUT2D eigenvalue weighted by molar-refractivity contribution is 6.03. The van der Waals surface area contributed by atoms with Crippen molar-refractivity contribution in [1.29, 1.82) is 0 Å². The van der Waals surface area contributed by atoms with Crippen molar-refractivity contribution >= 4 is 17.5 Å². The van der Waals surface area contributed by atoms with Crippen LogP contribution < -0.4 is 15.4 Å². The van der Waals surface area contributed by atoms with Gasteiger partial charge in [0.05, 0.1) is 7.11 Å². The molecule has 0 aliphatic heterocycles. The first-order valence-corrected chi connectivity index (χ1v) is 7.63. The third kappa shape index (κ3) is 5.56. The predicted octanol–water partition coefficient (Wildman–Crippen LogP) is 2.66. The Bertz CT molecular complexity index is 745. The molecule has 5 nitrogen and oxygen atoms in total. The molecule has 0 spiro atoms. The third-order valence-corrected chi connectivity index (χ3v) is 3.42. The Labute approximate surface area is 144 Å². The van der Waals surface area contributed by atoms with Crippen LogP contribution in [0.15, 0.2) is 42.5 Å². The summed E-state index contributed by atoms with van der Waals surface area (Å²) in [5, 5.41) is 4.65. The van der Waals surface area contributed by atoms with E-state index in [1.807, 2.05) is 24.3 Å². The van der Waals surface area contributed by atoms with Gasteiger partial charge in [0.25, 0.3) is 0 Å². The first-order valence-electron chi connectivity index (χ1n) is 7.63. The van der Waals surface area contributed by atoms with E-state index >= 15 is 0 Å². The molecule has 0 unspecified atom stereocenters. The van der Waals surface area contributed by atoms with Crippen molar-refractivity contribution in [2.24, 2.45) is 0 Å². The molecular weight excluding hydrogens is 330 g/mol. The van der Waals surface area contributed by atoms with Gasteiger partial charge in [-0.15, -0.1) is 0 Å². The van der Waals surface area contributed by atoms with Crippen LogP contribution in [0, 0.1) is 11.6 Å². The number of amides is 2. The van der Waals surface area contributed by atoms with E-state index < -0.39 is 35.6 Å². The van der Waals surface area contributed by atoms with Gasteiger partial charge in [-0.2, -0.15) is 0 Å². The first-order chi connectivity index (χ1) is 12.0. The van der Waals surface area contributed by atoms with Crippen LogP contribution in [0.25, 0.3) is 0 Å². The van der Waals surface area contributed by atoms with Crippen LogP contribution >= 0.6 is 0 Å². The van der Waals surface area contributed by atoms with E-state index in [1.165, 1.54) is 6.07 Å². The SMILES string of the molecule is COc1cccc(CCNC(=O)CC(=O)Nc2c(F)cccc2F)c1. The minimum atomic E-state index is -0.896. The van der Waals surface area contributed by atoms with Gasteiger partial charge in [-0.3, -0.25) is 9.59 Å². The zero-order valence-electron chi connectivity index (χ0n) is 13.6. The molecular formula is C18H18F2N2O3. The smallest absolute Gasteiger partial charge is 0.233 e. The lowest BCUT2D eigenvalue weighted by atomic mass is 10.1. The van der Waals surface area contributed by atoms with Gasteiger partial charge >= 0.3 is 0 Å². The fourth-order valence-corrected chi connectivity index (χ4v) is 2.18. The highest BCUT2D eigenvalue weighted by Crippen LogP contribution is 2.18. The Morgan fingerprint density at radius 1 is 1.04 bits per heavy atom. The summed E-state index contributed by atoms with van der Waals surface area (Å²) in [6.45, 7) is 0.327. The zero-order valence-corrected chi connectivity index (χ0v) is 13.6. The minimum absolute atomic E-state index is 0.327. The Balaban J connectivity index is 1.79. The van der Waals surface area contributed by atoms with Crippen LogP contribution in [0.3, 0.4) is 0 Å². The zero-order chi connectivity index (χ0) is 18.2. The van der Waals surface area contributed by atoms with Crippen LogP contribution in [0.5, 0.6) is 5.75 Å². The summed E-state index contributed by atoms with van der Waals surface area (Å²) in [5.41, 5.74) is 0.411. The Kier molecular flexibility index (Phi) is 6.45. The van der Waals surface area contributed by atoms with Crippen LogP contribution in [0.4, 0.5) is 14.5 Å². The Morgan fingerprint density at radius 3 is 2.40 bits per heavy atom. The number of para-hydroxylation sites is 1. The van der Waals surface area contributed by atoms with Gasteiger partial charge in [0.2, 0.25) is 11.8 Å². The van der Waals surface area contributed by atoms with Crippen molar-refractivity contribution in [1.82, 2.24) is 5.32 Å². The molecule has 0 heterocycles. The second kappa shape index (κ2) is 8.77.